The fourth-order valence-electron chi connectivity index (χ4n) is 2.22. The number of nitrogens with two attached hydrogens (primary N) is 1. The Morgan fingerprint density at radius 3 is 2.80 bits per heavy atom. The highest BCUT2D eigenvalue weighted by Gasteiger charge is 2.30. The lowest BCUT2D eigenvalue weighted by Crippen LogP contribution is -2.41. The van der Waals surface area contributed by atoms with E-state index in [0.29, 0.717) is 19.6 Å². The number of nitrogens with zero attached hydrogens (tertiary/aromatic N) is 3. The van der Waals surface area contributed by atoms with Gasteiger partial charge in [-0.3, -0.25) is 0 Å². The zero-order chi connectivity index (χ0) is 14.8. The number of nitro groups is 1. The van der Waals surface area contributed by atoms with Crippen molar-refractivity contribution in [1.29, 1.82) is 0 Å². The molecule has 110 valence electrons. The highest BCUT2D eigenvalue weighted by Crippen LogP contribution is 2.23. The summed E-state index contributed by atoms with van der Waals surface area (Å²) < 4.78 is 26.2. The first-order valence-electron chi connectivity index (χ1n) is 6.26. The van der Waals surface area contributed by atoms with Crippen molar-refractivity contribution in [1.82, 2.24) is 9.29 Å². The minimum Gasteiger partial charge on any atom is -0.358 e. The van der Waals surface area contributed by atoms with Gasteiger partial charge in [0.2, 0.25) is 10.0 Å². The topological polar surface area (TPSA) is 119 Å². The van der Waals surface area contributed by atoms with Crippen molar-refractivity contribution in [2.45, 2.75) is 17.7 Å². The largest absolute Gasteiger partial charge is 0.363 e. The van der Waals surface area contributed by atoms with Crippen LogP contribution in [0.15, 0.2) is 23.2 Å². The summed E-state index contributed by atoms with van der Waals surface area (Å²) >= 11 is 0. The Kier molecular flexibility index (Phi) is 4.31. The van der Waals surface area contributed by atoms with Crippen LogP contribution in [0.1, 0.15) is 12.8 Å². The standard InChI is InChI=1S/C11H16N4O4S/c12-6-9-2-1-5-14(8-9)20(18,19)10-3-4-11(13-7-10)15(16)17/h3-4,7,9H,1-2,5-6,8,12H2. The lowest BCUT2D eigenvalue weighted by atomic mass is 10.0. The average molecular weight is 300 g/mol. The average Bonchev–Trinajstić information content (AvgIpc) is 2.47. The summed E-state index contributed by atoms with van der Waals surface area (Å²) in [4.78, 5) is 13.4. The van der Waals surface area contributed by atoms with Crippen molar-refractivity contribution in [2.75, 3.05) is 19.6 Å². The summed E-state index contributed by atoms with van der Waals surface area (Å²) in [6, 6.07) is 2.31. The molecule has 0 radical (unpaired) electrons. The fourth-order valence-corrected chi connectivity index (χ4v) is 3.72. The number of hydrogen-bond donors (Lipinski definition) is 1. The molecule has 1 aliphatic heterocycles. The number of sulfonamides is 1. The molecule has 9 heteroatoms. The molecule has 1 unspecified atom stereocenters. The van der Waals surface area contributed by atoms with E-state index in [4.69, 9.17) is 5.73 Å². The molecule has 1 fully saturated rings. The van der Waals surface area contributed by atoms with E-state index in [1.54, 1.807) is 0 Å². The monoisotopic (exact) mass is 300 g/mol. The van der Waals surface area contributed by atoms with Crippen LogP contribution in [0.4, 0.5) is 5.82 Å². The molecule has 1 aromatic rings. The first-order valence-corrected chi connectivity index (χ1v) is 7.70. The highest BCUT2D eigenvalue weighted by atomic mass is 32.2. The highest BCUT2D eigenvalue weighted by molar-refractivity contribution is 7.89. The van der Waals surface area contributed by atoms with Gasteiger partial charge >= 0.3 is 5.82 Å². The number of hydrogen-bond acceptors (Lipinski definition) is 6. The summed E-state index contributed by atoms with van der Waals surface area (Å²) in [6.07, 6.45) is 2.71. The first-order chi connectivity index (χ1) is 9.45. The second-order valence-corrected chi connectivity index (χ2v) is 6.65. The SMILES string of the molecule is NCC1CCCN(S(=O)(=O)c2ccc([N+](=O)[O-])nc2)C1. The van der Waals surface area contributed by atoms with Crippen molar-refractivity contribution >= 4 is 15.8 Å². The number of piperidine rings is 1. The molecule has 8 nitrogen and oxygen atoms in total. The van der Waals surface area contributed by atoms with Crippen molar-refractivity contribution in [3.8, 4) is 0 Å². The summed E-state index contributed by atoms with van der Waals surface area (Å²) in [5.41, 5.74) is 5.59. The Bertz CT molecular complexity index is 587. The molecule has 1 aromatic heterocycles. The van der Waals surface area contributed by atoms with Crippen LogP contribution in [-0.4, -0.2) is 42.3 Å². The van der Waals surface area contributed by atoms with E-state index in [-0.39, 0.29) is 16.6 Å². The first kappa shape index (κ1) is 14.8. The maximum Gasteiger partial charge on any atom is 0.363 e. The lowest BCUT2D eigenvalue weighted by Gasteiger charge is -2.30. The van der Waals surface area contributed by atoms with Gasteiger partial charge in [0.15, 0.2) is 6.20 Å². The van der Waals surface area contributed by atoms with E-state index in [2.05, 4.69) is 4.98 Å². The number of pyridine rings is 1. The summed E-state index contributed by atoms with van der Waals surface area (Å²) in [5.74, 6) is -0.216. The van der Waals surface area contributed by atoms with Gasteiger partial charge in [-0.15, -0.1) is 0 Å². The van der Waals surface area contributed by atoms with E-state index in [1.807, 2.05) is 0 Å². The normalized spacial score (nSPS) is 20.8. The van der Waals surface area contributed by atoms with E-state index >= 15 is 0 Å². The van der Waals surface area contributed by atoms with Gasteiger partial charge < -0.3 is 15.8 Å². The zero-order valence-electron chi connectivity index (χ0n) is 10.8. The molecule has 1 aliphatic rings. The third kappa shape index (κ3) is 2.94. The van der Waals surface area contributed by atoms with Crippen molar-refractivity contribution < 1.29 is 13.3 Å². The Morgan fingerprint density at radius 2 is 2.25 bits per heavy atom. The second kappa shape index (κ2) is 5.81. The molecule has 0 saturated carbocycles. The number of rotatable bonds is 4. The van der Waals surface area contributed by atoms with E-state index in [0.717, 1.165) is 25.1 Å². The molecule has 2 rings (SSSR count). The van der Waals surface area contributed by atoms with Crippen LogP contribution in [-0.2, 0) is 10.0 Å². The molecule has 0 spiro atoms. The van der Waals surface area contributed by atoms with Gasteiger partial charge in [0.1, 0.15) is 4.90 Å². The molecular weight excluding hydrogens is 284 g/mol. The Labute approximate surface area is 116 Å². The van der Waals surface area contributed by atoms with Gasteiger partial charge in [0.25, 0.3) is 0 Å². The maximum absolute atomic E-state index is 12.4. The van der Waals surface area contributed by atoms with Crippen LogP contribution in [0.5, 0.6) is 0 Å². The van der Waals surface area contributed by atoms with Gasteiger partial charge in [-0.2, -0.15) is 4.31 Å². The Balaban J connectivity index is 2.23. The molecule has 1 atom stereocenters. The van der Waals surface area contributed by atoms with E-state index < -0.39 is 14.9 Å². The van der Waals surface area contributed by atoms with Crippen LogP contribution >= 0.6 is 0 Å². The third-order valence-corrected chi connectivity index (χ3v) is 5.21. The lowest BCUT2D eigenvalue weighted by molar-refractivity contribution is -0.389. The predicted molar refractivity (Wildman–Crippen MR) is 71.4 cm³/mol. The third-order valence-electron chi connectivity index (χ3n) is 3.36. The molecule has 2 heterocycles. The molecule has 0 aliphatic carbocycles. The van der Waals surface area contributed by atoms with E-state index in [9.17, 15) is 18.5 Å². The minimum atomic E-state index is -3.65. The van der Waals surface area contributed by atoms with Crippen molar-refractivity contribution in [3.63, 3.8) is 0 Å². The van der Waals surface area contributed by atoms with Crippen molar-refractivity contribution in [3.05, 3.63) is 28.4 Å². The van der Waals surface area contributed by atoms with Crippen LogP contribution in [0.2, 0.25) is 0 Å². The van der Waals surface area contributed by atoms with Gasteiger partial charge in [-0.25, -0.2) is 8.42 Å². The summed E-state index contributed by atoms with van der Waals surface area (Å²) in [6.45, 7) is 1.27. The Morgan fingerprint density at radius 1 is 1.50 bits per heavy atom. The van der Waals surface area contributed by atoms with Gasteiger partial charge in [0.05, 0.1) is 0 Å². The van der Waals surface area contributed by atoms with E-state index in [1.165, 1.54) is 10.4 Å². The van der Waals surface area contributed by atoms with Crippen LogP contribution in [0, 0.1) is 16.0 Å². The maximum atomic E-state index is 12.4. The van der Waals surface area contributed by atoms with Crippen LogP contribution < -0.4 is 5.73 Å². The minimum absolute atomic E-state index is 0.0271. The second-order valence-electron chi connectivity index (χ2n) is 4.72. The fraction of sp³-hybridized carbons (Fsp3) is 0.545. The molecule has 20 heavy (non-hydrogen) atoms. The van der Waals surface area contributed by atoms with Crippen LogP contribution in [0.25, 0.3) is 0 Å². The Hall–Kier alpha value is -1.58. The molecular formula is C11H16N4O4S. The molecule has 0 bridgehead atoms. The number of aromatic nitrogens is 1. The van der Waals surface area contributed by atoms with Crippen LogP contribution in [0.3, 0.4) is 0 Å². The molecule has 0 amide bonds. The molecule has 2 N–H and O–H groups in total. The predicted octanol–water partition coefficient (Wildman–Crippen LogP) is 0.349. The van der Waals surface area contributed by atoms with Gasteiger partial charge in [0, 0.05) is 19.2 Å². The summed E-state index contributed by atoms with van der Waals surface area (Å²) in [7, 11) is -3.65. The quantitative estimate of drug-likeness (QED) is 0.633. The summed E-state index contributed by atoms with van der Waals surface area (Å²) in [5, 5.41) is 10.5. The molecule has 0 aromatic carbocycles. The van der Waals surface area contributed by atoms with Gasteiger partial charge in [-0.05, 0) is 41.3 Å². The smallest absolute Gasteiger partial charge is 0.358 e. The van der Waals surface area contributed by atoms with Crippen molar-refractivity contribution in [2.24, 2.45) is 11.7 Å². The zero-order valence-corrected chi connectivity index (χ0v) is 11.6. The van der Waals surface area contributed by atoms with Gasteiger partial charge in [-0.1, -0.05) is 0 Å². The molecule has 1 saturated heterocycles.